The van der Waals surface area contributed by atoms with E-state index in [2.05, 4.69) is 0 Å². The molecule has 19 heavy (non-hydrogen) atoms. The van der Waals surface area contributed by atoms with Gasteiger partial charge in [0.15, 0.2) is 0 Å². The number of fused-ring (bicyclic) bond motifs is 1. The molecule has 102 valence electrons. The second-order valence-electron chi connectivity index (χ2n) is 5.64. The van der Waals surface area contributed by atoms with Gasteiger partial charge in [0.05, 0.1) is 0 Å². The number of carboxylic acid groups (broad SMARTS) is 1. The minimum absolute atomic E-state index is 0.0939. The van der Waals surface area contributed by atoms with Crippen molar-refractivity contribution in [2.24, 2.45) is 5.92 Å². The summed E-state index contributed by atoms with van der Waals surface area (Å²) in [6.45, 7) is 3.10. The van der Waals surface area contributed by atoms with E-state index in [4.69, 9.17) is 0 Å². The average Bonchev–Trinajstić information content (AvgIpc) is 2.80. The molecule has 0 atom stereocenters. The summed E-state index contributed by atoms with van der Waals surface area (Å²) in [5.41, 5.74) is 1.22. The summed E-state index contributed by atoms with van der Waals surface area (Å²) in [6.07, 6.45) is 1.41. The number of carbonyl (C=O) groups is 2. The summed E-state index contributed by atoms with van der Waals surface area (Å²) in [6, 6.07) is 8.00. The SMILES string of the molecule is CN(C(=O)C1Cc2ccccc2C1)C(C)(C)C(=O)O. The van der Waals surface area contributed by atoms with Gasteiger partial charge in [0.25, 0.3) is 0 Å². The molecule has 1 aromatic rings. The van der Waals surface area contributed by atoms with Crippen LogP contribution in [0.2, 0.25) is 0 Å². The largest absolute Gasteiger partial charge is 0.480 e. The summed E-state index contributed by atoms with van der Waals surface area (Å²) < 4.78 is 0. The summed E-state index contributed by atoms with van der Waals surface area (Å²) in [5, 5.41) is 9.18. The summed E-state index contributed by atoms with van der Waals surface area (Å²) >= 11 is 0. The number of aliphatic carboxylic acids is 1. The predicted molar refractivity (Wildman–Crippen MR) is 71.8 cm³/mol. The number of benzene rings is 1. The Morgan fingerprint density at radius 2 is 1.68 bits per heavy atom. The van der Waals surface area contributed by atoms with Gasteiger partial charge in [-0.05, 0) is 37.8 Å². The Kier molecular flexibility index (Phi) is 3.35. The predicted octanol–water partition coefficient (Wildman–Crippen LogP) is 1.72. The van der Waals surface area contributed by atoms with Gasteiger partial charge < -0.3 is 10.0 Å². The first-order valence-electron chi connectivity index (χ1n) is 6.42. The van der Waals surface area contributed by atoms with Crippen molar-refractivity contribution in [2.45, 2.75) is 32.2 Å². The van der Waals surface area contributed by atoms with E-state index < -0.39 is 11.5 Å². The first-order chi connectivity index (χ1) is 8.84. The molecule has 1 aromatic carbocycles. The first kappa shape index (κ1) is 13.6. The lowest BCUT2D eigenvalue weighted by Crippen LogP contribution is -2.52. The standard InChI is InChI=1S/C15H19NO3/c1-15(2,14(18)19)16(3)13(17)12-8-10-6-4-5-7-11(10)9-12/h4-7,12H,8-9H2,1-3H3,(H,18,19). The maximum atomic E-state index is 12.4. The topological polar surface area (TPSA) is 57.6 Å². The Hall–Kier alpha value is -1.84. The summed E-state index contributed by atoms with van der Waals surface area (Å²) in [7, 11) is 1.57. The average molecular weight is 261 g/mol. The molecule has 0 unspecified atom stereocenters. The Bertz CT molecular complexity index is 497. The third kappa shape index (κ3) is 2.35. The number of rotatable bonds is 3. The van der Waals surface area contributed by atoms with E-state index in [1.54, 1.807) is 20.9 Å². The molecule has 1 aliphatic carbocycles. The first-order valence-corrected chi connectivity index (χ1v) is 6.42. The lowest BCUT2D eigenvalue weighted by Gasteiger charge is -2.33. The molecule has 0 aliphatic heterocycles. The van der Waals surface area contributed by atoms with Crippen molar-refractivity contribution >= 4 is 11.9 Å². The van der Waals surface area contributed by atoms with E-state index >= 15 is 0 Å². The fourth-order valence-electron chi connectivity index (χ4n) is 2.43. The highest BCUT2D eigenvalue weighted by atomic mass is 16.4. The van der Waals surface area contributed by atoms with E-state index in [-0.39, 0.29) is 11.8 Å². The highest BCUT2D eigenvalue weighted by molar-refractivity contribution is 5.88. The maximum absolute atomic E-state index is 12.4. The molecule has 0 bridgehead atoms. The Labute approximate surface area is 113 Å². The maximum Gasteiger partial charge on any atom is 0.329 e. The molecule has 0 spiro atoms. The smallest absolute Gasteiger partial charge is 0.329 e. The molecule has 0 radical (unpaired) electrons. The van der Waals surface area contributed by atoms with Crippen molar-refractivity contribution in [1.29, 1.82) is 0 Å². The molecular formula is C15H19NO3. The van der Waals surface area contributed by atoms with Crippen LogP contribution in [0, 0.1) is 5.92 Å². The number of hydrogen-bond acceptors (Lipinski definition) is 2. The normalized spacial score (nSPS) is 15.1. The van der Waals surface area contributed by atoms with Crippen molar-refractivity contribution in [3.63, 3.8) is 0 Å². The fraction of sp³-hybridized carbons (Fsp3) is 0.467. The molecule has 4 nitrogen and oxygen atoms in total. The van der Waals surface area contributed by atoms with Gasteiger partial charge in [0.2, 0.25) is 5.91 Å². The fourth-order valence-corrected chi connectivity index (χ4v) is 2.43. The third-order valence-electron chi connectivity index (χ3n) is 4.09. The van der Waals surface area contributed by atoms with Crippen LogP contribution in [0.5, 0.6) is 0 Å². The van der Waals surface area contributed by atoms with E-state index in [1.807, 2.05) is 24.3 Å². The van der Waals surface area contributed by atoms with E-state index in [0.717, 1.165) is 0 Å². The zero-order valence-corrected chi connectivity index (χ0v) is 11.5. The van der Waals surface area contributed by atoms with Gasteiger partial charge in [-0.2, -0.15) is 0 Å². The third-order valence-corrected chi connectivity index (χ3v) is 4.09. The van der Waals surface area contributed by atoms with Crippen molar-refractivity contribution in [3.8, 4) is 0 Å². The van der Waals surface area contributed by atoms with Crippen LogP contribution < -0.4 is 0 Å². The number of carbonyl (C=O) groups excluding carboxylic acids is 1. The van der Waals surface area contributed by atoms with Crippen LogP contribution in [-0.4, -0.2) is 34.5 Å². The van der Waals surface area contributed by atoms with Crippen LogP contribution in [0.3, 0.4) is 0 Å². The van der Waals surface area contributed by atoms with Crippen molar-refractivity contribution < 1.29 is 14.7 Å². The van der Waals surface area contributed by atoms with Gasteiger partial charge in [-0.3, -0.25) is 4.79 Å². The van der Waals surface area contributed by atoms with Gasteiger partial charge in [-0.15, -0.1) is 0 Å². The number of carboxylic acids is 1. The molecule has 2 rings (SSSR count). The molecule has 0 saturated carbocycles. The van der Waals surface area contributed by atoms with Crippen LogP contribution in [-0.2, 0) is 22.4 Å². The Morgan fingerprint density at radius 3 is 2.11 bits per heavy atom. The Balaban J connectivity index is 2.13. The van der Waals surface area contributed by atoms with E-state index in [0.29, 0.717) is 12.8 Å². The molecule has 1 amide bonds. The lowest BCUT2D eigenvalue weighted by atomic mass is 9.98. The Morgan fingerprint density at radius 1 is 1.21 bits per heavy atom. The lowest BCUT2D eigenvalue weighted by molar-refractivity contribution is -0.156. The number of nitrogens with zero attached hydrogens (tertiary/aromatic N) is 1. The molecule has 1 aliphatic rings. The molecule has 4 heteroatoms. The van der Waals surface area contributed by atoms with Gasteiger partial charge in [0, 0.05) is 13.0 Å². The van der Waals surface area contributed by atoms with E-state index in [9.17, 15) is 14.7 Å². The molecule has 0 fully saturated rings. The second-order valence-corrected chi connectivity index (χ2v) is 5.64. The number of amides is 1. The van der Waals surface area contributed by atoms with E-state index in [1.165, 1.54) is 16.0 Å². The molecule has 0 aromatic heterocycles. The van der Waals surface area contributed by atoms with Crippen molar-refractivity contribution in [3.05, 3.63) is 35.4 Å². The van der Waals surface area contributed by atoms with Crippen LogP contribution >= 0.6 is 0 Å². The molecule has 0 heterocycles. The highest BCUT2D eigenvalue weighted by Crippen LogP contribution is 2.29. The van der Waals surface area contributed by atoms with Crippen LogP contribution in [0.1, 0.15) is 25.0 Å². The molecular weight excluding hydrogens is 242 g/mol. The molecule has 1 N–H and O–H groups in total. The minimum Gasteiger partial charge on any atom is -0.480 e. The van der Waals surface area contributed by atoms with Gasteiger partial charge >= 0.3 is 5.97 Å². The van der Waals surface area contributed by atoms with Gasteiger partial charge in [-0.25, -0.2) is 4.79 Å². The zero-order valence-electron chi connectivity index (χ0n) is 11.5. The highest BCUT2D eigenvalue weighted by Gasteiger charge is 2.39. The monoisotopic (exact) mass is 261 g/mol. The van der Waals surface area contributed by atoms with Crippen molar-refractivity contribution in [2.75, 3.05) is 7.05 Å². The number of hydrogen-bond donors (Lipinski definition) is 1. The van der Waals surface area contributed by atoms with Crippen LogP contribution in [0.25, 0.3) is 0 Å². The molecule has 0 saturated heterocycles. The van der Waals surface area contributed by atoms with Crippen LogP contribution in [0.4, 0.5) is 0 Å². The minimum atomic E-state index is -1.17. The number of likely N-dealkylation sites (N-methyl/N-ethyl adjacent to an activating group) is 1. The summed E-state index contributed by atoms with van der Waals surface area (Å²) in [4.78, 5) is 25.0. The quantitative estimate of drug-likeness (QED) is 0.901. The summed E-state index contributed by atoms with van der Waals surface area (Å²) in [5.74, 6) is -1.22. The second kappa shape index (κ2) is 4.68. The van der Waals surface area contributed by atoms with Gasteiger partial charge in [-0.1, -0.05) is 24.3 Å². The van der Waals surface area contributed by atoms with Crippen LogP contribution in [0.15, 0.2) is 24.3 Å². The zero-order chi connectivity index (χ0) is 14.2. The van der Waals surface area contributed by atoms with Gasteiger partial charge in [0.1, 0.15) is 5.54 Å². The van der Waals surface area contributed by atoms with Crippen molar-refractivity contribution in [1.82, 2.24) is 4.90 Å².